The summed E-state index contributed by atoms with van der Waals surface area (Å²) in [4.78, 5) is 33.8. The molecule has 8 heteroatoms. The van der Waals surface area contributed by atoms with E-state index in [1.165, 1.54) is 11.3 Å². The number of aromatic nitrogens is 4. The minimum atomic E-state index is -0.710. The summed E-state index contributed by atoms with van der Waals surface area (Å²) in [6, 6.07) is 7.31. The van der Waals surface area contributed by atoms with Gasteiger partial charge in [0.2, 0.25) is 0 Å². The summed E-state index contributed by atoms with van der Waals surface area (Å²) in [6.45, 7) is 5.52. The Hall–Kier alpha value is -3.00. The lowest BCUT2D eigenvalue weighted by Crippen LogP contribution is -2.17. The van der Waals surface area contributed by atoms with Crippen molar-refractivity contribution in [2.45, 2.75) is 26.9 Å². The van der Waals surface area contributed by atoms with E-state index in [9.17, 15) is 9.59 Å². The first kappa shape index (κ1) is 16.5. The first-order valence-corrected chi connectivity index (χ1v) is 8.91. The van der Waals surface area contributed by atoms with Crippen molar-refractivity contribution in [1.29, 1.82) is 0 Å². The van der Waals surface area contributed by atoms with Gasteiger partial charge in [-0.3, -0.25) is 9.89 Å². The highest BCUT2D eigenvalue weighted by Crippen LogP contribution is 2.27. The summed E-state index contributed by atoms with van der Waals surface area (Å²) in [7, 11) is 0. The smallest absolute Gasteiger partial charge is 0.360 e. The Bertz CT molecular complexity index is 1200. The molecule has 0 unspecified atom stereocenters. The minimum absolute atomic E-state index is 0.207. The maximum atomic E-state index is 12.5. The molecule has 0 saturated heterocycles. The fourth-order valence-corrected chi connectivity index (χ4v) is 3.89. The number of nitrogens with zero attached hydrogens (tertiary/aromatic N) is 2. The van der Waals surface area contributed by atoms with E-state index in [1.54, 1.807) is 13.0 Å². The van der Waals surface area contributed by atoms with Crippen molar-refractivity contribution in [2.24, 2.45) is 0 Å². The molecule has 0 aliphatic rings. The van der Waals surface area contributed by atoms with Crippen LogP contribution in [-0.2, 0) is 4.74 Å². The lowest BCUT2D eigenvalue weighted by atomic mass is 10.2. The lowest BCUT2D eigenvalue weighted by molar-refractivity contribution is 0.0315. The monoisotopic (exact) mass is 368 g/mol. The SMILES string of the molecule is Cc1sc2nc([C@H](C)OC(=O)c3n[nH]c4ccccc34)[nH]c(=O)c2c1C. The topological polar surface area (TPSA) is 101 Å². The number of esters is 1. The van der Waals surface area contributed by atoms with Crippen molar-refractivity contribution in [3.63, 3.8) is 0 Å². The maximum Gasteiger partial charge on any atom is 0.360 e. The van der Waals surface area contributed by atoms with Crippen LogP contribution in [0.4, 0.5) is 0 Å². The largest absolute Gasteiger partial charge is 0.450 e. The van der Waals surface area contributed by atoms with Crippen LogP contribution in [0, 0.1) is 13.8 Å². The number of aromatic amines is 2. The van der Waals surface area contributed by atoms with Gasteiger partial charge in [-0.2, -0.15) is 5.10 Å². The number of hydrogen-bond donors (Lipinski definition) is 2. The lowest BCUT2D eigenvalue weighted by Gasteiger charge is -2.11. The average Bonchev–Trinajstić information content (AvgIpc) is 3.16. The van der Waals surface area contributed by atoms with E-state index in [1.807, 2.05) is 32.0 Å². The van der Waals surface area contributed by atoms with Crippen molar-refractivity contribution in [2.75, 3.05) is 0 Å². The number of aryl methyl sites for hydroxylation is 2. The molecule has 0 aliphatic heterocycles. The molecule has 2 N–H and O–H groups in total. The number of carbonyl (C=O) groups is 1. The molecular formula is C18H16N4O3S. The van der Waals surface area contributed by atoms with Crippen LogP contribution >= 0.6 is 11.3 Å². The maximum absolute atomic E-state index is 12.5. The molecule has 0 bridgehead atoms. The number of H-pyrrole nitrogens is 2. The van der Waals surface area contributed by atoms with Gasteiger partial charge in [0.15, 0.2) is 17.6 Å². The molecule has 1 atom stereocenters. The third-order valence-corrected chi connectivity index (χ3v) is 5.49. The molecule has 1 aromatic carbocycles. The van der Waals surface area contributed by atoms with Gasteiger partial charge < -0.3 is 9.72 Å². The van der Waals surface area contributed by atoms with Crippen LogP contribution < -0.4 is 5.56 Å². The zero-order valence-electron chi connectivity index (χ0n) is 14.4. The van der Waals surface area contributed by atoms with Crippen LogP contribution in [0.15, 0.2) is 29.1 Å². The average molecular weight is 368 g/mol. The number of para-hydroxylation sites is 1. The second-order valence-corrected chi connectivity index (χ2v) is 7.28. The number of thiophene rings is 1. The van der Waals surface area contributed by atoms with E-state index in [-0.39, 0.29) is 11.3 Å². The quantitative estimate of drug-likeness (QED) is 0.540. The van der Waals surface area contributed by atoms with E-state index < -0.39 is 12.1 Å². The molecule has 0 amide bonds. The Labute approximate surface area is 152 Å². The molecule has 26 heavy (non-hydrogen) atoms. The molecule has 132 valence electrons. The normalized spacial score (nSPS) is 12.6. The number of hydrogen-bond acceptors (Lipinski definition) is 6. The second-order valence-electron chi connectivity index (χ2n) is 6.08. The number of rotatable bonds is 3. The first-order valence-electron chi connectivity index (χ1n) is 8.09. The van der Waals surface area contributed by atoms with E-state index in [0.717, 1.165) is 16.0 Å². The van der Waals surface area contributed by atoms with Crippen molar-refractivity contribution < 1.29 is 9.53 Å². The predicted octanol–water partition coefficient (Wildman–Crippen LogP) is 3.40. The summed E-state index contributed by atoms with van der Waals surface area (Å²) in [5.41, 5.74) is 1.67. The second kappa shape index (κ2) is 6.06. The van der Waals surface area contributed by atoms with Gasteiger partial charge in [0.1, 0.15) is 4.83 Å². The van der Waals surface area contributed by atoms with Crippen molar-refractivity contribution in [1.82, 2.24) is 20.2 Å². The Morgan fingerprint density at radius 1 is 1.27 bits per heavy atom. The zero-order chi connectivity index (χ0) is 18.4. The standard InChI is InChI=1S/C18H16N4O3S/c1-8-10(3)26-17-13(8)16(23)19-15(20-17)9(2)25-18(24)14-11-6-4-5-7-12(11)21-22-14/h4-7,9H,1-3H3,(H,21,22)(H,19,20,23)/t9-/m0/s1. The van der Waals surface area contributed by atoms with Gasteiger partial charge in [-0.15, -0.1) is 11.3 Å². The number of fused-ring (bicyclic) bond motifs is 2. The van der Waals surface area contributed by atoms with E-state index in [2.05, 4.69) is 20.2 Å². The summed E-state index contributed by atoms with van der Waals surface area (Å²) < 4.78 is 5.48. The Kier molecular flexibility index (Phi) is 3.84. The fourth-order valence-electron chi connectivity index (χ4n) is 2.86. The number of ether oxygens (including phenoxy) is 1. The highest BCUT2D eigenvalue weighted by molar-refractivity contribution is 7.18. The van der Waals surface area contributed by atoms with Crippen molar-refractivity contribution in [3.8, 4) is 0 Å². The molecule has 0 aliphatic carbocycles. The molecule has 0 saturated carbocycles. The molecule has 3 aromatic heterocycles. The molecule has 4 rings (SSSR count). The van der Waals surface area contributed by atoms with Gasteiger partial charge >= 0.3 is 5.97 Å². The van der Waals surface area contributed by atoms with Gasteiger partial charge in [0.25, 0.3) is 5.56 Å². The highest BCUT2D eigenvalue weighted by atomic mass is 32.1. The van der Waals surface area contributed by atoms with Crippen LogP contribution in [0.5, 0.6) is 0 Å². The number of carbonyl (C=O) groups excluding carboxylic acids is 1. The van der Waals surface area contributed by atoms with Gasteiger partial charge in [0.05, 0.1) is 10.9 Å². The molecule has 0 fully saturated rings. The molecule has 7 nitrogen and oxygen atoms in total. The molecule has 3 heterocycles. The molecular weight excluding hydrogens is 352 g/mol. The summed E-state index contributed by atoms with van der Waals surface area (Å²) in [5, 5.41) is 8.11. The van der Waals surface area contributed by atoms with Crippen LogP contribution in [-0.4, -0.2) is 26.1 Å². The van der Waals surface area contributed by atoms with Crippen LogP contribution in [0.25, 0.3) is 21.1 Å². The molecule has 4 aromatic rings. The van der Waals surface area contributed by atoms with E-state index >= 15 is 0 Å². The third kappa shape index (κ3) is 2.59. The predicted molar refractivity (Wildman–Crippen MR) is 99.6 cm³/mol. The summed E-state index contributed by atoms with van der Waals surface area (Å²) >= 11 is 1.45. The molecule has 0 spiro atoms. The highest BCUT2D eigenvalue weighted by Gasteiger charge is 2.21. The summed E-state index contributed by atoms with van der Waals surface area (Å²) in [5.74, 6) is -0.256. The first-order chi connectivity index (χ1) is 12.5. The van der Waals surface area contributed by atoms with Gasteiger partial charge in [-0.25, -0.2) is 9.78 Å². The van der Waals surface area contributed by atoms with Crippen LogP contribution in [0.1, 0.15) is 39.8 Å². The Balaban J connectivity index is 1.66. The van der Waals surface area contributed by atoms with Crippen LogP contribution in [0.3, 0.4) is 0 Å². The molecule has 0 radical (unpaired) electrons. The number of nitrogens with one attached hydrogen (secondary N) is 2. The van der Waals surface area contributed by atoms with Gasteiger partial charge in [-0.1, -0.05) is 18.2 Å². The van der Waals surface area contributed by atoms with E-state index in [4.69, 9.17) is 4.74 Å². The summed E-state index contributed by atoms with van der Waals surface area (Å²) in [6.07, 6.45) is -0.710. The van der Waals surface area contributed by atoms with Gasteiger partial charge in [0, 0.05) is 10.3 Å². The fraction of sp³-hybridized carbons (Fsp3) is 0.222. The van der Waals surface area contributed by atoms with Gasteiger partial charge in [-0.05, 0) is 32.4 Å². The Morgan fingerprint density at radius 2 is 2.04 bits per heavy atom. The van der Waals surface area contributed by atoms with Crippen LogP contribution in [0.2, 0.25) is 0 Å². The Morgan fingerprint density at radius 3 is 2.85 bits per heavy atom. The zero-order valence-corrected chi connectivity index (χ0v) is 15.2. The third-order valence-electron chi connectivity index (χ3n) is 4.39. The minimum Gasteiger partial charge on any atom is -0.450 e. The van der Waals surface area contributed by atoms with Crippen molar-refractivity contribution >= 4 is 38.4 Å². The van der Waals surface area contributed by atoms with Crippen molar-refractivity contribution in [3.05, 3.63) is 56.6 Å². The number of benzene rings is 1. The van der Waals surface area contributed by atoms with E-state index in [0.29, 0.717) is 21.4 Å².